The van der Waals surface area contributed by atoms with Crippen molar-refractivity contribution >= 4 is 43.5 Å². The molecule has 59 heavy (non-hydrogen) atoms. The molecule has 3 aliphatic rings. The Kier molecular flexibility index (Phi) is 5.99. The molecule has 1 atom stereocenters. The highest BCUT2D eigenvalue weighted by Gasteiger charge is 2.52. The van der Waals surface area contributed by atoms with Gasteiger partial charge in [0.1, 0.15) is 22.7 Å². The highest BCUT2D eigenvalue weighted by molar-refractivity contribution is 6.14. The molecular formula is C57H32O2. The van der Waals surface area contributed by atoms with Crippen molar-refractivity contribution in [3.63, 3.8) is 0 Å². The minimum absolute atomic E-state index is 0.439. The predicted octanol–water partition coefficient (Wildman–Crippen LogP) is 15.3. The van der Waals surface area contributed by atoms with Gasteiger partial charge in [-0.3, -0.25) is 0 Å². The summed E-state index contributed by atoms with van der Waals surface area (Å²) in [5, 5.41) is 7.15. The number of benzene rings is 10. The summed E-state index contributed by atoms with van der Waals surface area (Å²) in [6.07, 6.45) is 0. The Morgan fingerprint density at radius 2 is 0.966 bits per heavy atom. The van der Waals surface area contributed by atoms with Crippen LogP contribution in [-0.4, -0.2) is 0 Å². The third-order valence-electron chi connectivity index (χ3n) is 13.5. The molecule has 1 aromatic heterocycles. The Bertz CT molecular complexity index is 3660. The van der Waals surface area contributed by atoms with E-state index >= 15 is 0 Å². The van der Waals surface area contributed by atoms with Crippen LogP contribution in [0, 0.1) is 0 Å². The van der Waals surface area contributed by atoms with Gasteiger partial charge in [-0.05, 0) is 107 Å². The molecule has 14 rings (SSSR count). The van der Waals surface area contributed by atoms with Crippen LogP contribution in [-0.2, 0) is 5.41 Å². The summed E-state index contributed by atoms with van der Waals surface area (Å²) in [4.78, 5) is 0. The van der Waals surface area contributed by atoms with Crippen LogP contribution in [0.5, 0.6) is 11.5 Å². The Morgan fingerprint density at radius 3 is 1.85 bits per heavy atom. The Labute approximate surface area is 340 Å². The first kappa shape index (κ1) is 31.4. The lowest BCUT2D eigenvalue weighted by molar-refractivity contribution is 0.487. The maximum Gasteiger partial charge on any atom is 0.143 e. The fourth-order valence-corrected chi connectivity index (χ4v) is 11.2. The van der Waals surface area contributed by atoms with E-state index in [1.165, 1.54) is 77.4 Å². The molecule has 10 aromatic carbocycles. The molecule has 1 unspecified atom stereocenters. The zero-order chi connectivity index (χ0) is 38.4. The first-order valence-corrected chi connectivity index (χ1v) is 20.4. The second kappa shape index (κ2) is 11.2. The molecule has 2 heteroatoms. The van der Waals surface area contributed by atoms with Crippen LogP contribution in [0.1, 0.15) is 22.3 Å². The highest BCUT2D eigenvalue weighted by atomic mass is 16.5. The molecule has 2 aliphatic carbocycles. The van der Waals surface area contributed by atoms with Gasteiger partial charge >= 0.3 is 0 Å². The smallest absolute Gasteiger partial charge is 0.143 e. The zero-order valence-corrected chi connectivity index (χ0v) is 31.8. The van der Waals surface area contributed by atoms with Crippen LogP contribution < -0.4 is 4.74 Å². The average molecular weight is 749 g/mol. The molecule has 0 saturated carbocycles. The average Bonchev–Trinajstić information content (AvgIpc) is 3.94. The lowest BCUT2D eigenvalue weighted by atomic mass is 9.70. The summed E-state index contributed by atoms with van der Waals surface area (Å²) in [5.41, 5.74) is 18.9. The minimum Gasteiger partial charge on any atom is -0.456 e. The maximum atomic E-state index is 6.78. The first-order valence-electron chi connectivity index (χ1n) is 20.4. The molecular weight excluding hydrogens is 717 g/mol. The highest BCUT2D eigenvalue weighted by Crippen LogP contribution is 2.65. The van der Waals surface area contributed by atoms with Gasteiger partial charge in [0.2, 0.25) is 0 Å². The van der Waals surface area contributed by atoms with E-state index in [-0.39, 0.29) is 0 Å². The second-order valence-electron chi connectivity index (χ2n) is 16.2. The lowest BCUT2D eigenvalue weighted by Gasteiger charge is -2.30. The number of rotatable bonds is 2. The summed E-state index contributed by atoms with van der Waals surface area (Å²) in [6, 6.07) is 71.2. The molecule has 1 spiro atoms. The largest absolute Gasteiger partial charge is 0.456 e. The van der Waals surface area contributed by atoms with Crippen LogP contribution in [0.2, 0.25) is 0 Å². The summed E-state index contributed by atoms with van der Waals surface area (Å²) in [6.45, 7) is 0. The van der Waals surface area contributed by atoms with Crippen molar-refractivity contribution in [2.75, 3.05) is 0 Å². The Hall–Kier alpha value is -7.68. The van der Waals surface area contributed by atoms with Crippen molar-refractivity contribution in [1.29, 1.82) is 0 Å². The molecule has 0 N–H and O–H groups in total. The van der Waals surface area contributed by atoms with E-state index < -0.39 is 5.41 Å². The number of fused-ring (bicyclic) bond motifs is 17. The molecule has 11 aromatic rings. The lowest BCUT2D eigenvalue weighted by Crippen LogP contribution is -2.25. The monoisotopic (exact) mass is 748 g/mol. The molecule has 2 nitrogen and oxygen atoms in total. The van der Waals surface area contributed by atoms with Gasteiger partial charge in [-0.2, -0.15) is 0 Å². The minimum atomic E-state index is -0.439. The van der Waals surface area contributed by atoms with Crippen molar-refractivity contribution in [3.05, 3.63) is 216 Å². The first-order chi connectivity index (χ1) is 29.3. The van der Waals surface area contributed by atoms with Crippen molar-refractivity contribution in [1.82, 2.24) is 0 Å². The molecule has 0 bridgehead atoms. The van der Waals surface area contributed by atoms with Crippen LogP contribution >= 0.6 is 0 Å². The van der Waals surface area contributed by atoms with Crippen molar-refractivity contribution in [2.24, 2.45) is 0 Å². The van der Waals surface area contributed by atoms with E-state index in [1.54, 1.807) is 0 Å². The van der Waals surface area contributed by atoms with Crippen molar-refractivity contribution in [2.45, 2.75) is 5.41 Å². The fourth-order valence-electron chi connectivity index (χ4n) is 11.2. The van der Waals surface area contributed by atoms with Crippen LogP contribution in [0.3, 0.4) is 0 Å². The summed E-state index contributed by atoms with van der Waals surface area (Å²) >= 11 is 0. The zero-order valence-electron chi connectivity index (χ0n) is 31.8. The molecule has 272 valence electrons. The van der Waals surface area contributed by atoms with Gasteiger partial charge in [0.05, 0.1) is 5.41 Å². The van der Waals surface area contributed by atoms with Crippen molar-refractivity contribution < 1.29 is 9.15 Å². The Morgan fingerprint density at radius 1 is 0.339 bits per heavy atom. The maximum absolute atomic E-state index is 6.78. The Balaban J connectivity index is 0.994. The van der Waals surface area contributed by atoms with Gasteiger partial charge in [-0.15, -0.1) is 0 Å². The second-order valence-corrected chi connectivity index (χ2v) is 16.2. The standard InChI is InChI=1S/C57H32O2/c1-2-13-35-33(12-1)26-29-49-53(35)43-15-3-6-22-46(43)57(49)47-23-7-4-16-44(47)54-39(20-11-24-48(54)57)37-28-31-52-55-40(37)18-10-19-41(55)45-32-34(27-30-51(45)58-52)36-17-9-21-42-38-14-5-8-25-50(38)59-56(36)42/h1-32H. The van der Waals surface area contributed by atoms with E-state index in [4.69, 9.17) is 9.15 Å². The molecule has 0 radical (unpaired) electrons. The van der Waals surface area contributed by atoms with Gasteiger partial charge in [-0.1, -0.05) is 170 Å². The number of para-hydroxylation sites is 2. The number of furan rings is 1. The normalized spacial score (nSPS) is 15.3. The number of ether oxygens (including phenoxy) is 1. The number of hydrogen-bond donors (Lipinski definition) is 0. The fraction of sp³-hybridized carbons (Fsp3) is 0.0175. The third-order valence-corrected chi connectivity index (χ3v) is 13.5. The van der Waals surface area contributed by atoms with Gasteiger partial charge in [-0.25, -0.2) is 0 Å². The SMILES string of the molecule is c1ccc2c(c1)-c1c(-c3ccc4c5c(cccc35)-c3cc(-c5cccc6c5oc5ccccc56)ccc3O4)cccc1C21c2ccccc2-c2c1ccc1ccccc21. The summed E-state index contributed by atoms with van der Waals surface area (Å²) in [7, 11) is 0. The van der Waals surface area contributed by atoms with Gasteiger partial charge in [0, 0.05) is 27.3 Å². The molecule has 1 aliphatic heterocycles. The van der Waals surface area contributed by atoms with Crippen LogP contribution in [0.15, 0.2) is 199 Å². The number of hydrogen-bond acceptors (Lipinski definition) is 2. The van der Waals surface area contributed by atoms with Gasteiger partial charge in [0.25, 0.3) is 0 Å². The van der Waals surface area contributed by atoms with Gasteiger partial charge in [0.15, 0.2) is 0 Å². The third kappa shape index (κ3) is 3.91. The van der Waals surface area contributed by atoms with Crippen molar-refractivity contribution in [3.8, 4) is 67.1 Å². The van der Waals surface area contributed by atoms with E-state index in [0.29, 0.717) is 0 Å². The van der Waals surface area contributed by atoms with E-state index in [2.05, 4.69) is 182 Å². The molecule has 0 amide bonds. The summed E-state index contributed by atoms with van der Waals surface area (Å²) in [5.74, 6) is 1.75. The predicted molar refractivity (Wildman–Crippen MR) is 241 cm³/mol. The quantitative estimate of drug-likeness (QED) is 0.176. The topological polar surface area (TPSA) is 22.4 Å². The van der Waals surface area contributed by atoms with E-state index in [0.717, 1.165) is 55.5 Å². The molecule has 2 heterocycles. The summed E-state index contributed by atoms with van der Waals surface area (Å²) < 4.78 is 13.3. The van der Waals surface area contributed by atoms with Crippen LogP contribution in [0.4, 0.5) is 0 Å². The van der Waals surface area contributed by atoms with Crippen LogP contribution in [0.25, 0.3) is 99.1 Å². The molecule has 0 saturated heterocycles. The molecule has 0 fully saturated rings. The van der Waals surface area contributed by atoms with E-state index in [9.17, 15) is 0 Å². The van der Waals surface area contributed by atoms with E-state index in [1.807, 2.05) is 12.1 Å². The van der Waals surface area contributed by atoms with Gasteiger partial charge < -0.3 is 9.15 Å².